The second-order valence-corrected chi connectivity index (χ2v) is 6.80. The summed E-state index contributed by atoms with van der Waals surface area (Å²) in [5, 5.41) is 0. The fourth-order valence-corrected chi connectivity index (χ4v) is 4.12. The average molecular weight is 321 g/mol. The first-order chi connectivity index (χ1) is 9.76. The number of carbonyl (C=O) groups is 1. The van der Waals surface area contributed by atoms with Crippen LogP contribution in [0.1, 0.15) is 18.4 Å². The first kappa shape index (κ1) is 16.0. The van der Waals surface area contributed by atoms with Crippen LogP contribution < -0.4 is 0 Å². The standard InChI is InChI=1S/C13H14F3NO3S/c14-13(15,16)11-5-1-2-6-12(11)21(19,20)17-7-3-4-10(8-17)9-18/h1-2,5-6,9-10H,3-4,7-8H2. The highest BCUT2D eigenvalue weighted by atomic mass is 32.2. The third kappa shape index (κ3) is 3.26. The Hall–Kier alpha value is -1.41. The van der Waals surface area contributed by atoms with Gasteiger partial charge in [0.15, 0.2) is 0 Å². The maximum absolute atomic E-state index is 12.9. The van der Waals surface area contributed by atoms with Gasteiger partial charge >= 0.3 is 6.18 Å². The highest BCUT2D eigenvalue weighted by Crippen LogP contribution is 2.35. The maximum Gasteiger partial charge on any atom is 0.417 e. The lowest BCUT2D eigenvalue weighted by atomic mass is 10.0. The van der Waals surface area contributed by atoms with Gasteiger partial charge in [0.1, 0.15) is 6.29 Å². The van der Waals surface area contributed by atoms with Gasteiger partial charge in [-0.3, -0.25) is 0 Å². The van der Waals surface area contributed by atoms with Gasteiger partial charge in [0.25, 0.3) is 0 Å². The van der Waals surface area contributed by atoms with E-state index in [9.17, 15) is 26.4 Å². The van der Waals surface area contributed by atoms with Gasteiger partial charge in [-0.15, -0.1) is 0 Å². The molecule has 0 aromatic heterocycles. The molecule has 1 aromatic carbocycles. The van der Waals surface area contributed by atoms with Crippen molar-refractivity contribution < 1.29 is 26.4 Å². The Balaban J connectivity index is 2.43. The largest absolute Gasteiger partial charge is 0.417 e. The van der Waals surface area contributed by atoms with E-state index in [4.69, 9.17) is 0 Å². The van der Waals surface area contributed by atoms with Crippen LogP contribution in [0.25, 0.3) is 0 Å². The van der Waals surface area contributed by atoms with Gasteiger partial charge in [0.05, 0.1) is 10.5 Å². The average Bonchev–Trinajstić information content (AvgIpc) is 2.46. The van der Waals surface area contributed by atoms with E-state index in [0.29, 0.717) is 19.1 Å². The Morgan fingerprint density at radius 3 is 2.52 bits per heavy atom. The van der Waals surface area contributed by atoms with Gasteiger partial charge in [-0.05, 0) is 25.0 Å². The van der Waals surface area contributed by atoms with Crippen LogP contribution in [0, 0.1) is 5.92 Å². The van der Waals surface area contributed by atoms with E-state index in [1.807, 2.05) is 0 Å². The van der Waals surface area contributed by atoms with Crippen molar-refractivity contribution >= 4 is 16.3 Å². The first-order valence-corrected chi connectivity index (χ1v) is 7.82. The lowest BCUT2D eigenvalue weighted by Gasteiger charge is -2.30. The fraction of sp³-hybridized carbons (Fsp3) is 0.462. The van der Waals surface area contributed by atoms with Gasteiger partial charge in [-0.1, -0.05) is 12.1 Å². The zero-order valence-electron chi connectivity index (χ0n) is 11.0. The van der Waals surface area contributed by atoms with Crippen molar-refractivity contribution in [1.29, 1.82) is 0 Å². The summed E-state index contributed by atoms with van der Waals surface area (Å²) in [4.78, 5) is 10.0. The molecule has 0 spiro atoms. The lowest BCUT2D eigenvalue weighted by molar-refractivity contribution is -0.140. The van der Waals surface area contributed by atoms with Crippen molar-refractivity contribution in [3.05, 3.63) is 29.8 Å². The number of sulfonamides is 1. The molecule has 1 aromatic rings. The monoisotopic (exact) mass is 321 g/mol. The van der Waals surface area contributed by atoms with Crippen LogP contribution in [0.5, 0.6) is 0 Å². The molecule has 0 bridgehead atoms. The predicted octanol–water partition coefficient (Wildman–Crippen LogP) is 2.31. The summed E-state index contributed by atoms with van der Waals surface area (Å²) in [6.07, 6.45) is -3.09. The Morgan fingerprint density at radius 1 is 1.24 bits per heavy atom. The normalized spacial score (nSPS) is 21.2. The number of benzene rings is 1. The molecule has 1 aliphatic rings. The zero-order valence-corrected chi connectivity index (χ0v) is 11.8. The molecule has 0 saturated carbocycles. The topological polar surface area (TPSA) is 54.5 Å². The van der Waals surface area contributed by atoms with Crippen LogP contribution in [-0.4, -0.2) is 32.1 Å². The third-order valence-electron chi connectivity index (χ3n) is 3.42. The smallest absolute Gasteiger partial charge is 0.303 e. The van der Waals surface area contributed by atoms with Gasteiger partial charge in [0.2, 0.25) is 10.0 Å². The van der Waals surface area contributed by atoms with E-state index in [1.165, 1.54) is 6.07 Å². The molecule has 1 heterocycles. The van der Waals surface area contributed by atoms with Crippen LogP contribution in [0.3, 0.4) is 0 Å². The van der Waals surface area contributed by atoms with E-state index >= 15 is 0 Å². The molecule has 8 heteroatoms. The molecule has 1 aliphatic heterocycles. The van der Waals surface area contributed by atoms with E-state index in [1.54, 1.807) is 0 Å². The number of hydrogen-bond donors (Lipinski definition) is 0. The summed E-state index contributed by atoms with van der Waals surface area (Å²) in [5.74, 6) is -0.466. The summed E-state index contributed by atoms with van der Waals surface area (Å²) >= 11 is 0. The summed E-state index contributed by atoms with van der Waals surface area (Å²) < 4.78 is 64.7. The molecule has 2 rings (SSSR count). The molecule has 0 N–H and O–H groups in total. The maximum atomic E-state index is 12.9. The molecule has 4 nitrogen and oxygen atoms in total. The molecule has 116 valence electrons. The molecule has 0 radical (unpaired) electrons. The number of alkyl halides is 3. The molecule has 0 aliphatic carbocycles. The summed E-state index contributed by atoms with van der Waals surface area (Å²) in [6.45, 7) is 0.0525. The zero-order chi connectivity index (χ0) is 15.7. The van der Waals surface area contributed by atoms with Crippen molar-refractivity contribution in [3.63, 3.8) is 0 Å². The summed E-state index contributed by atoms with van der Waals surface area (Å²) in [7, 11) is -4.26. The quantitative estimate of drug-likeness (QED) is 0.803. The van der Waals surface area contributed by atoms with Gasteiger partial charge < -0.3 is 4.79 Å². The van der Waals surface area contributed by atoms with Crippen molar-refractivity contribution in [1.82, 2.24) is 4.31 Å². The number of piperidine rings is 1. The molecule has 0 amide bonds. The van der Waals surface area contributed by atoms with Crippen molar-refractivity contribution in [2.75, 3.05) is 13.1 Å². The van der Waals surface area contributed by atoms with Crippen LogP contribution in [0.15, 0.2) is 29.2 Å². The molecule has 1 unspecified atom stereocenters. The SMILES string of the molecule is O=CC1CCCN(S(=O)(=O)c2ccccc2C(F)(F)F)C1. The van der Waals surface area contributed by atoms with Crippen molar-refractivity contribution in [2.24, 2.45) is 5.92 Å². The Morgan fingerprint density at radius 2 is 1.90 bits per heavy atom. The second kappa shape index (κ2) is 5.76. The van der Waals surface area contributed by atoms with Crippen LogP contribution in [0.4, 0.5) is 13.2 Å². The predicted molar refractivity (Wildman–Crippen MR) is 69.0 cm³/mol. The molecular formula is C13H14F3NO3S. The number of carbonyl (C=O) groups excluding carboxylic acids is 1. The molecule has 1 saturated heterocycles. The number of aldehydes is 1. The Bertz CT molecular complexity index is 628. The lowest BCUT2D eigenvalue weighted by Crippen LogP contribution is -2.40. The summed E-state index contributed by atoms with van der Waals surface area (Å²) in [5.41, 5.74) is -1.18. The van der Waals surface area contributed by atoms with Gasteiger partial charge in [-0.25, -0.2) is 8.42 Å². The third-order valence-corrected chi connectivity index (χ3v) is 5.35. The summed E-state index contributed by atoms with van der Waals surface area (Å²) in [6, 6.07) is 4.09. The van der Waals surface area contributed by atoms with E-state index in [2.05, 4.69) is 0 Å². The number of halogens is 3. The minimum absolute atomic E-state index is 0.0714. The highest BCUT2D eigenvalue weighted by Gasteiger charge is 2.39. The highest BCUT2D eigenvalue weighted by molar-refractivity contribution is 7.89. The second-order valence-electron chi connectivity index (χ2n) is 4.90. The van der Waals surface area contributed by atoms with E-state index < -0.39 is 32.6 Å². The number of nitrogens with zero attached hydrogens (tertiary/aromatic N) is 1. The van der Waals surface area contributed by atoms with Crippen LogP contribution >= 0.6 is 0 Å². The number of hydrogen-bond acceptors (Lipinski definition) is 3. The minimum Gasteiger partial charge on any atom is -0.303 e. The molecule has 1 atom stereocenters. The Labute approximate surface area is 120 Å². The molecule has 21 heavy (non-hydrogen) atoms. The van der Waals surface area contributed by atoms with Crippen LogP contribution in [-0.2, 0) is 21.0 Å². The van der Waals surface area contributed by atoms with Gasteiger partial charge in [0, 0.05) is 19.0 Å². The van der Waals surface area contributed by atoms with E-state index in [-0.39, 0.29) is 13.1 Å². The minimum atomic E-state index is -4.75. The molecular weight excluding hydrogens is 307 g/mol. The van der Waals surface area contributed by atoms with E-state index in [0.717, 1.165) is 22.5 Å². The van der Waals surface area contributed by atoms with Crippen molar-refractivity contribution in [3.8, 4) is 0 Å². The first-order valence-electron chi connectivity index (χ1n) is 6.38. The van der Waals surface area contributed by atoms with Crippen molar-refractivity contribution in [2.45, 2.75) is 23.9 Å². The molecule has 1 fully saturated rings. The van der Waals surface area contributed by atoms with Gasteiger partial charge in [-0.2, -0.15) is 17.5 Å². The fourth-order valence-electron chi connectivity index (χ4n) is 2.37. The van der Waals surface area contributed by atoms with Crippen LogP contribution in [0.2, 0.25) is 0 Å². The Kier molecular flexibility index (Phi) is 4.38. The number of rotatable bonds is 3.